The van der Waals surface area contributed by atoms with Gasteiger partial charge in [-0.05, 0) is 56.3 Å². The minimum absolute atomic E-state index is 0. The molecule has 0 spiro atoms. The molecule has 0 amide bonds. The van der Waals surface area contributed by atoms with E-state index in [1.165, 1.54) is 15.4 Å². The van der Waals surface area contributed by atoms with E-state index in [1.54, 1.807) is 56.3 Å². The largest absolute Gasteiger partial charge is 0.506 e. The number of rotatable bonds is 7. The number of aromatic nitrogens is 4. The molecule has 2 aromatic heterocycles. The van der Waals surface area contributed by atoms with Gasteiger partial charge in [0.05, 0.1) is 27.7 Å². The summed E-state index contributed by atoms with van der Waals surface area (Å²) >= 11 is 0. The summed E-state index contributed by atoms with van der Waals surface area (Å²) in [4.78, 5) is 10.2. The van der Waals surface area contributed by atoms with Gasteiger partial charge in [0.25, 0.3) is 5.69 Å². The monoisotopic (exact) mass is 685 g/mol. The fourth-order valence-electron chi connectivity index (χ4n) is 4.21. The van der Waals surface area contributed by atoms with Crippen molar-refractivity contribution in [2.45, 2.75) is 13.8 Å². The van der Waals surface area contributed by atoms with E-state index in [2.05, 4.69) is 30.7 Å². The molecule has 15 nitrogen and oxygen atoms in total. The van der Waals surface area contributed by atoms with Crippen molar-refractivity contribution < 1.29 is 42.7 Å². The molecule has 0 radical (unpaired) electrons. The van der Waals surface area contributed by atoms with E-state index < -0.39 is 4.92 Å². The first-order valence-electron chi connectivity index (χ1n) is 13.9. The predicted molar refractivity (Wildman–Crippen MR) is 171 cm³/mol. The van der Waals surface area contributed by atoms with Gasteiger partial charge in [0.15, 0.2) is 11.4 Å². The Morgan fingerprint density at radius 2 is 1.04 bits per heavy atom. The van der Waals surface area contributed by atoms with Gasteiger partial charge in [-0.25, -0.2) is 0 Å². The minimum atomic E-state index is -0.603. The van der Waals surface area contributed by atoms with Gasteiger partial charge in [-0.15, -0.1) is 20.5 Å². The molecule has 0 saturated carbocycles. The number of nitrogens with zero attached hydrogens (tertiary/aromatic N) is 9. The molecule has 48 heavy (non-hydrogen) atoms. The Bertz CT molecular complexity index is 2100. The van der Waals surface area contributed by atoms with Crippen LogP contribution in [-0.2, 0) is 17.4 Å². The van der Waals surface area contributed by atoms with Crippen molar-refractivity contribution in [1.82, 2.24) is 19.6 Å². The molecule has 4 aromatic carbocycles. The van der Waals surface area contributed by atoms with Crippen molar-refractivity contribution in [1.29, 1.82) is 0 Å². The molecule has 6 rings (SSSR count). The van der Waals surface area contributed by atoms with Crippen molar-refractivity contribution in [2.24, 2.45) is 20.5 Å². The quantitative estimate of drug-likeness (QED) is 0.0735. The van der Waals surface area contributed by atoms with Gasteiger partial charge in [0.2, 0.25) is 11.8 Å². The Balaban J connectivity index is 0.000000214. The van der Waals surface area contributed by atoms with Crippen LogP contribution in [0, 0.1) is 24.0 Å². The van der Waals surface area contributed by atoms with E-state index in [0.717, 1.165) is 23.9 Å². The van der Waals surface area contributed by atoms with E-state index in [4.69, 9.17) is 0 Å². The molecule has 242 valence electrons. The smallest absolute Gasteiger partial charge is 0.271 e. The van der Waals surface area contributed by atoms with Crippen LogP contribution in [0.15, 0.2) is 124 Å². The van der Waals surface area contributed by atoms with Crippen LogP contribution in [0.3, 0.4) is 0 Å². The summed E-state index contributed by atoms with van der Waals surface area (Å²) in [7, 11) is 0. The Kier molecular flexibility index (Phi) is 11.0. The topological polar surface area (TPSA) is 209 Å². The molecule has 0 bridgehead atoms. The third-order valence-corrected chi connectivity index (χ3v) is 6.58. The normalized spacial score (nSPS) is 10.9. The molecule has 0 unspecified atom stereocenters. The van der Waals surface area contributed by atoms with Crippen LogP contribution >= 0.6 is 0 Å². The molecule has 0 saturated heterocycles. The maximum atomic E-state index is 10.8. The van der Waals surface area contributed by atoms with Crippen LogP contribution in [0.25, 0.3) is 11.4 Å². The number of benzene rings is 4. The fourth-order valence-corrected chi connectivity index (χ4v) is 4.21. The van der Waals surface area contributed by atoms with Crippen LogP contribution in [0.5, 0.6) is 23.3 Å². The van der Waals surface area contributed by atoms with E-state index in [0.29, 0.717) is 22.8 Å². The average Bonchev–Trinajstić information content (AvgIpc) is 3.53. The standard InChI is InChI=1S/C16H13N5O4.C16H14N4O2.Cr/c1-10-15(16(23)20(19-10)11-5-3-2-4-6-11)18-17-13-9-12(21(24)25)7-8-14(13)22;1-11-15(18-17-13-9-5-6-10-14(13)21)16(22)20(19-11)12-7-3-2-4-8-12;/h2-9,22-23H,1H3;2-10,21-22H,1H3;. The van der Waals surface area contributed by atoms with Crippen LogP contribution in [-0.4, -0.2) is 44.9 Å². The molecule has 0 atom stereocenters. The molecule has 4 N–H and O–H groups in total. The summed E-state index contributed by atoms with van der Waals surface area (Å²) in [6.07, 6.45) is 0. The number of azo groups is 2. The number of aryl methyl sites for hydroxylation is 2. The molecule has 6 aromatic rings. The van der Waals surface area contributed by atoms with E-state index >= 15 is 0 Å². The van der Waals surface area contributed by atoms with Gasteiger partial charge >= 0.3 is 0 Å². The number of phenols is 2. The number of para-hydroxylation sites is 3. The molecule has 2 heterocycles. The molecular formula is C32H27CrN9O6. The van der Waals surface area contributed by atoms with Crippen molar-refractivity contribution in [3.8, 4) is 34.6 Å². The average molecular weight is 686 g/mol. The first-order valence-corrected chi connectivity index (χ1v) is 13.9. The summed E-state index contributed by atoms with van der Waals surface area (Å²) < 4.78 is 2.70. The molecule has 0 fully saturated rings. The first-order chi connectivity index (χ1) is 22.6. The number of aromatic hydroxyl groups is 4. The van der Waals surface area contributed by atoms with Gasteiger partial charge in [0, 0.05) is 29.5 Å². The van der Waals surface area contributed by atoms with E-state index in [1.807, 2.05) is 36.4 Å². The van der Waals surface area contributed by atoms with Gasteiger partial charge in [-0.1, -0.05) is 48.5 Å². The predicted octanol–water partition coefficient (Wildman–Crippen LogP) is 7.92. The molecule has 16 heteroatoms. The second kappa shape index (κ2) is 15.3. The Labute approximate surface area is 283 Å². The third kappa shape index (κ3) is 7.70. The molecular weight excluding hydrogens is 658 g/mol. The number of hydrogen-bond donors (Lipinski definition) is 4. The van der Waals surface area contributed by atoms with Crippen LogP contribution in [0.4, 0.5) is 28.4 Å². The number of phenolic OH excluding ortho intramolecular Hbond substituents is 2. The number of hydrogen-bond acceptors (Lipinski definition) is 12. The van der Waals surface area contributed by atoms with Gasteiger partial charge in [-0.2, -0.15) is 19.6 Å². The van der Waals surface area contributed by atoms with Crippen molar-refractivity contribution >= 4 is 28.4 Å². The van der Waals surface area contributed by atoms with E-state index in [-0.39, 0.29) is 63.4 Å². The summed E-state index contributed by atoms with van der Waals surface area (Å²) in [6, 6.07) is 28.2. The van der Waals surface area contributed by atoms with Crippen molar-refractivity contribution in [3.63, 3.8) is 0 Å². The summed E-state index contributed by atoms with van der Waals surface area (Å²) in [6.45, 7) is 3.37. The van der Waals surface area contributed by atoms with Crippen LogP contribution in [0.2, 0.25) is 0 Å². The molecule has 0 aliphatic rings. The summed E-state index contributed by atoms with van der Waals surface area (Å²) in [5.41, 5.74) is 2.72. The Morgan fingerprint density at radius 3 is 1.52 bits per heavy atom. The number of non-ortho nitro benzene ring substituents is 1. The number of nitro benzene ring substituents is 1. The zero-order valence-corrected chi connectivity index (χ0v) is 26.6. The third-order valence-electron chi connectivity index (χ3n) is 6.58. The zero-order valence-electron chi connectivity index (χ0n) is 25.4. The van der Waals surface area contributed by atoms with Gasteiger partial charge in [-0.3, -0.25) is 10.1 Å². The molecule has 0 aliphatic heterocycles. The van der Waals surface area contributed by atoms with Crippen LogP contribution in [0.1, 0.15) is 11.4 Å². The summed E-state index contributed by atoms with van der Waals surface area (Å²) in [5, 5.41) is 75.0. The van der Waals surface area contributed by atoms with Crippen LogP contribution < -0.4 is 0 Å². The molecule has 0 aliphatic carbocycles. The second-order valence-corrected chi connectivity index (χ2v) is 9.83. The SMILES string of the molecule is Cc1nn(-c2ccccc2)c(O)c1N=Nc1cc([N+](=O)[O-])ccc1O.Cc1nn(-c2ccccc2)c(O)c1N=Nc1ccccc1O.[Cr]. The van der Waals surface area contributed by atoms with E-state index in [9.17, 15) is 30.5 Å². The van der Waals surface area contributed by atoms with Crippen molar-refractivity contribution in [2.75, 3.05) is 0 Å². The first kappa shape index (κ1) is 34.5. The van der Waals surface area contributed by atoms with Gasteiger partial charge in [0.1, 0.15) is 22.9 Å². The van der Waals surface area contributed by atoms with Gasteiger partial charge < -0.3 is 20.4 Å². The second-order valence-electron chi connectivity index (χ2n) is 9.83. The maximum absolute atomic E-state index is 10.8. The fraction of sp³-hybridized carbons (Fsp3) is 0.0625. The Morgan fingerprint density at radius 1 is 0.604 bits per heavy atom. The Hall–Kier alpha value is -6.37. The number of nitro groups is 1. The van der Waals surface area contributed by atoms with Crippen molar-refractivity contribution in [3.05, 3.63) is 125 Å². The zero-order chi connectivity index (χ0) is 33.5. The summed E-state index contributed by atoms with van der Waals surface area (Å²) in [5.74, 6) is -0.555. The minimum Gasteiger partial charge on any atom is -0.506 e. The maximum Gasteiger partial charge on any atom is 0.271 e.